The number of nitrogens with one attached hydrogen (secondary N) is 2. The molecule has 0 aromatic heterocycles. The number of amides is 2. The van der Waals surface area contributed by atoms with Crippen LogP contribution in [0.5, 0.6) is 0 Å². The summed E-state index contributed by atoms with van der Waals surface area (Å²) in [5.41, 5.74) is 3.90. The summed E-state index contributed by atoms with van der Waals surface area (Å²) in [5.74, 6) is -0.765. The van der Waals surface area contributed by atoms with Gasteiger partial charge in [-0.1, -0.05) is 11.6 Å². The second kappa shape index (κ2) is 5.84. The Labute approximate surface area is 116 Å². The fourth-order valence-electron chi connectivity index (χ4n) is 1.87. The Bertz CT molecular complexity index is 525. The van der Waals surface area contributed by atoms with Gasteiger partial charge in [0.1, 0.15) is 0 Å². The molecule has 2 N–H and O–H groups in total. The van der Waals surface area contributed by atoms with Gasteiger partial charge in [0, 0.05) is 22.8 Å². The van der Waals surface area contributed by atoms with Crippen LogP contribution in [-0.4, -0.2) is 17.5 Å². The first-order valence-electron chi connectivity index (χ1n) is 5.93. The van der Waals surface area contributed by atoms with Crippen molar-refractivity contribution in [3.8, 4) is 0 Å². The topological polar surface area (TPSA) is 70.6 Å². The Balaban J connectivity index is 1.92. The Morgan fingerprint density at radius 3 is 2.84 bits per heavy atom. The molecule has 1 aromatic rings. The van der Waals surface area contributed by atoms with Gasteiger partial charge in [0.25, 0.3) is 0 Å². The van der Waals surface area contributed by atoms with E-state index in [1.807, 2.05) is 6.92 Å². The predicted molar refractivity (Wildman–Crippen MR) is 74.1 cm³/mol. The molecule has 1 aliphatic heterocycles. The zero-order valence-electron chi connectivity index (χ0n) is 10.4. The van der Waals surface area contributed by atoms with E-state index in [1.165, 1.54) is 0 Å². The second-order valence-electron chi connectivity index (χ2n) is 4.48. The molecule has 0 aliphatic carbocycles. The highest BCUT2D eigenvalue weighted by Crippen LogP contribution is 2.17. The quantitative estimate of drug-likeness (QED) is 0.890. The van der Waals surface area contributed by atoms with Crippen molar-refractivity contribution >= 4 is 34.8 Å². The number of halogens is 1. The summed E-state index contributed by atoms with van der Waals surface area (Å²) in [6, 6.07) is 6.82. The maximum Gasteiger partial charge on any atom is 0.244 e. The number of nitrogens with zero attached hydrogens (tertiary/aromatic N) is 1. The summed E-state index contributed by atoms with van der Waals surface area (Å²) in [4.78, 5) is 23.4. The van der Waals surface area contributed by atoms with Gasteiger partial charge in [-0.25, -0.2) is 5.43 Å². The number of rotatable bonds is 3. The first kappa shape index (κ1) is 13.5. The zero-order chi connectivity index (χ0) is 13.8. The Morgan fingerprint density at radius 1 is 1.47 bits per heavy atom. The molecule has 1 atom stereocenters. The van der Waals surface area contributed by atoms with Crippen molar-refractivity contribution < 1.29 is 9.59 Å². The SMILES string of the molecule is CC1=NNC(=O)[C@@H](CC(=O)Nc2ccc(Cl)cc2)C1. The number of benzene rings is 1. The van der Waals surface area contributed by atoms with Crippen LogP contribution in [0.2, 0.25) is 5.02 Å². The van der Waals surface area contributed by atoms with Crippen LogP contribution in [0.25, 0.3) is 0 Å². The Morgan fingerprint density at radius 2 is 2.16 bits per heavy atom. The molecular formula is C13H14ClN3O2. The van der Waals surface area contributed by atoms with Gasteiger partial charge in [0.05, 0.1) is 5.92 Å². The molecule has 2 amide bonds. The van der Waals surface area contributed by atoms with Crippen LogP contribution in [0.1, 0.15) is 19.8 Å². The lowest BCUT2D eigenvalue weighted by Gasteiger charge is -2.19. The van der Waals surface area contributed by atoms with Crippen molar-refractivity contribution in [2.24, 2.45) is 11.0 Å². The molecule has 0 radical (unpaired) electrons. The van der Waals surface area contributed by atoms with Gasteiger partial charge in [0.15, 0.2) is 0 Å². The molecule has 1 heterocycles. The molecule has 1 aliphatic rings. The lowest BCUT2D eigenvalue weighted by molar-refractivity contribution is -0.128. The Kier molecular flexibility index (Phi) is 4.16. The molecule has 0 spiro atoms. The van der Waals surface area contributed by atoms with Gasteiger partial charge in [-0.05, 0) is 37.6 Å². The standard InChI is InChI=1S/C13H14ClN3O2/c1-8-6-9(13(19)17-16-8)7-12(18)15-11-4-2-10(14)3-5-11/h2-5,9H,6-7H2,1H3,(H,15,18)(H,17,19)/t9-/m1/s1. The first-order valence-corrected chi connectivity index (χ1v) is 6.31. The lowest BCUT2D eigenvalue weighted by atomic mass is 9.96. The third-order valence-electron chi connectivity index (χ3n) is 2.83. The first-order chi connectivity index (χ1) is 9.04. The largest absolute Gasteiger partial charge is 0.326 e. The number of hydrogen-bond acceptors (Lipinski definition) is 3. The van der Waals surface area contributed by atoms with Gasteiger partial charge >= 0.3 is 0 Å². The highest BCUT2D eigenvalue weighted by molar-refractivity contribution is 6.30. The molecule has 100 valence electrons. The average molecular weight is 280 g/mol. The minimum Gasteiger partial charge on any atom is -0.326 e. The van der Waals surface area contributed by atoms with Crippen molar-refractivity contribution in [2.45, 2.75) is 19.8 Å². The highest BCUT2D eigenvalue weighted by atomic mass is 35.5. The normalized spacial score (nSPS) is 18.5. The smallest absolute Gasteiger partial charge is 0.244 e. The predicted octanol–water partition coefficient (Wildman–Crippen LogP) is 2.18. The summed E-state index contributed by atoms with van der Waals surface area (Å²) in [6.07, 6.45) is 0.654. The van der Waals surface area contributed by atoms with E-state index in [-0.39, 0.29) is 24.2 Å². The van der Waals surface area contributed by atoms with Crippen LogP contribution in [0.4, 0.5) is 5.69 Å². The van der Waals surface area contributed by atoms with Crippen molar-refractivity contribution in [3.05, 3.63) is 29.3 Å². The average Bonchev–Trinajstić information content (AvgIpc) is 2.37. The monoisotopic (exact) mass is 279 g/mol. The molecule has 0 saturated carbocycles. The van der Waals surface area contributed by atoms with E-state index in [2.05, 4.69) is 15.8 Å². The van der Waals surface area contributed by atoms with Crippen molar-refractivity contribution in [2.75, 3.05) is 5.32 Å². The van der Waals surface area contributed by atoms with E-state index in [9.17, 15) is 9.59 Å². The number of hydrazone groups is 1. The fraction of sp³-hybridized carbons (Fsp3) is 0.308. The third kappa shape index (κ3) is 3.79. The highest BCUT2D eigenvalue weighted by Gasteiger charge is 2.25. The maximum absolute atomic E-state index is 11.9. The van der Waals surface area contributed by atoms with Gasteiger partial charge in [0.2, 0.25) is 11.8 Å². The minimum absolute atomic E-state index is 0.140. The van der Waals surface area contributed by atoms with Gasteiger partial charge < -0.3 is 5.32 Å². The zero-order valence-corrected chi connectivity index (χ0v) is 11.2. The molecule has 0 bridgehead atoms. The Hall–Kier alpha value is -1.88. The number of carbonyl (C=O) groups excluding carboxylic acids is 2. The van der Waals surface area contributed by atoms with Crippen molar-refractivity contribution in [1.29, 1.82) is 0 Å². The van der Waals surface area contributed by atoms with E-state index >= 15 is 0 Å². The summed E-state index contributed by atoms with van der Waals surface area (Å²) >= 11 is 5.76. The third-order valence-corrected chi connectivity index (χ3v) is 3.08. The van der Waals surface area contributed by atoms with Gasteiger partial charge in [-0.2, -0.15) is 5.10 Å². The van der Waals surface area contributed by atoms with E-state index in [1.54, 1.807) is 24.3 Å². The number of hydrogen-bond donors (Lipinski definition) is 2. The van der Waals surface area contributed by atoms with Gasteiger partial charge in [-0.15, -0.1) is 0 Å². The molecule has 1 aromatic carbocycles. The van der Waals surface area contributed by atoms with Crippen molar-refractivity contribution in [1.82, 2.24) is 5.43 Å². The van der Waals surface area contributed by atoms with Crippen LogP contribution in [0.15, 0.2) is 29.4 Å². The van der Waals surface area contributed by atoms with Crippen LogP contribution in [0, 0.1) is 5.92 Å². The molecular weight excluding hydrogens is 266 g/mol. The van der Waals surface area contributed by atoms with E-state index in [0.29, 0.717) is 17.1 Å². The fourth-order valence-corrected chi connectivity index (χ4v) is 2.00. The molecule has 19 heavy (non-hydrogen) atoms. The van der Waals surface area contributed by atoms with Crippen LogP contribution < -0.4 is 10.7 Å². The summed E-state index contributed by atoms with van der Waals surface area (Å²) in [6.45, 7) is 1.82. The number of carbonyl (C=O) groups is 2. The summed E-state index contributed by atoms with van der Waals surface area (Å²) < 4.78 is 0. The molecule has 0 unspecified atom stereocenters. The number of anilines is 1. The molecule has 5 nitrogen and oxygen atoms in total. The van der Waals surface area contributed by atoms with Crippen molar-refractivity contribution in [3.63, 3.8) is 0 Å². The second-order valence-corrected chi connectivity index (χ2v) is 4.92. The van der Waals surface area contributed by atoms with Gasteiger partial charge in [-0.3, -0.25) is 9.59 Å². The lowest BCUT2D eigenvalue weighted by Crippen LogP contribution is -2.35. The van der Waals surface area contributed by atoms with E-state index in [4.69, 9.17) is 11.6 Å². The summed E-state index contributed by atoms with van der Waals surface area (Å²) in [5, 5.41) is 7.18. The molecule has 0 saturated heterocycles. The van der Waals surface area contributed by atoms with Crippen LogP contribution in [0.3, 0.4) is 0 Å². The summed E-state index contributed by atoms with van der Waals surface area (Å²) in [7, 11) is 0. The minimum atomic E-state index is -0.357. The molecule has 0 fully saturated rings. The van der Waals surface area contributed by atoms with E-state index in [0.717, 1.165) is 5.71 Å². The van der Waals surface area contributed by atoms with Crippen LogP contribution >= 0.6 is 11.6 Å². The van der Waals surface area contributed by atoms with Crippen LogP contribution in [-0.2, 0) is 9.59 Å². The molecule has 6 heteroatoms. The van der Waals surface area contributed by atoms with E-state index < -0.39 is 0 Å². The maximum atomic E-state index is 11.9. The molecule has 2 rings (SSSR count).